The first-order chi connectivity index (χ1) is 9.79. The van der Waals surface area contributed by atoms with Gasteiger partial charge in [-0.15, -0.1) is 11.8 Å². The minimum absolute atomic E-state index is 0.418. The minimum Gasteiger partial charge on any atom is -0.310 e. The van der Waals surface area contributed by atoms with Crippen molar-refractivity contribution in [2.24, 2.45) is 0 Å². The second-order valence-electron chi connectivity index (χ2n) is 4.87. The second-order valence-corrected chi connectivity index (χ2v) is 6.03. The largest absolute Gasteiger partial charge is 0.310 e. The summed E-state index contributed by atoms with van der Waals surface area (Å²) in [7, 11) is 0. The summed E-state index contributed by atoms with van der Waals surface area (Å²) in [5.74, 6) is 1.04. The van der Waals surface area contributed by atoms with Crippen LogP contribution in [0.15, 0.2) is 47.6 Å². The van der Waals surface area contributed by atoms with Crippen LogP contribution in [0.25, 0.3) is 0 Å². The lowest BCUT2D eigenvalue weighted by molar-refractivity contribution is 0.570. The molecular weight excluding hydrogens is 266 g/mol. The van der Waals surface area contributed by atoms with E-state index in [1.807, 2.05) is 34.9 Å². The Morgan fingerprint density at radius 1 is 1.35 bits per heavy atom. The summed E-state index contributed by atoms with van der Waals surface area (Å²) in [6, 6.07) is 11.2. The Hall–Kier alpha value is -1.26. The van der Waals surface area contributed by atoms with Crippen LogP contribution in [0.5, 0.6) is 0 Å². The first kappa shape index (κ1) is 15.1. The van der Waals surface area contributed by atoms with Crippen LogP contribution < -0.4 is 5.32 Å². The van der Waals surface area contributed by atoms with Crippen LogP contribution in [-0.2, 0) is 6.54 Å². The summed E-state index contributed by atoms with van der Waals surface area (Å²) in [4.78, 5) is 1.33. The number of aryl methyl sites for hydroxylation is 1. The summed E-state index contributed by atoms with van der Waals surface area (Å²) in [5.41, 5.74) is 1.36. The average Bonchev–Trinajstić information content (AvgIpc) is 2.98. The Morgan fingerprint density at radius 2 is 2.25 bits per heavy atom. The zero-order valence-electron chi connectivity index (χ0n) is 12.2. The van der Waals surface area contributed by atoms with E-state index in [0.717, 1.165) is 18.8 Å². The fourth-order valence-corrected chi connectivity index (χ4v) is 2.95. The van der Waals surface area contributed by atoms with Crippen molar-refractivity contribution in [3.05, 3.63) is 48.3 Å². The summed E-state index contributed by atoms with van der Waals surface area (Å²) in [6.07, 6.45) is 5.00. The topological polar surface area (TPSA) is 29.9 Å². The van der Waals surface area contributed by atoms with Crippen LogP contribution in [0.2, 0.25) is 0 Å². The van der Waals surface area contributed by atoms with Crippen molar-refractivity contribution >= 4 is 11.8 Å². The lowest BCUT2D eigenvalue weighted by atomic mass is 10.1. The highest BCUT2D eigenvalue weighted by Crippen LogP contribution is 2.22. The number of benzene rings is 1. The van der Waals surface area contributed by atoms with E-state index >= 15 is 0 Å². The van der Waals surface area contributed by atoms with Gasteiger partial charge in [-0.25, -0.2) is 0 Å². The van der Waals surface area contributed by atoms with E-state index in [1.165, 1.54) is 16.9 Å². The van der Waals surface area contributed by atoms with E-state index in [0.29, 0.717) is 6.04 Å². The molecular formula is C16H23N3S. The number of nitrogens with zero attached hydrogens (tertiary/aromatic N) is 2. The highest BCUT2D eigenvalue weighted by atomic mass is 32.2. The first-order valence-electron chi connectivity index (χ1n) is 7.23. The maximum Gasteiger partial charge on any atom is 0.0503 e. The molecule has 1 aromatic carbocycles. The molecule has 108 valence electrons. The molecule has 1 unspecified atom stereocenters. The number of hydrogen-bond acceptors (Lipinski definition) is 3. The SMILES string of the molecule is CCCNC(C)c1cccc(SCCn2cccn2)c1. The molecule has 2 aromatic rings. The maximum atomic E-state index is 4.22. The van der Waals surface area contributed by atoms with Gasteiger partial charge in [-0.1, -0.05) is 19.1 Å². The third-order valence-corrected chi connectivity index (χ3v) is 4.18. The molecule has 1 N–H and O–H groups in total. The number of thioether (sulfide) groups is 1. The van der Waals surface area contributed by atoms with Crippen LogP contribution in [0.4, 0.5) is 0 Å². The Kier molecular flexibility index (Phi) is 6.15. The van der Waals surface area contributed by atoms with Crippen LogP contribution in [-0.4, -0.2) is 22.1 Å². The predicted molar refractivity (Wildman–Crippen MR) is 86.1 cm³/mol. The highest BCUT2D eigenvalue weighted by molar-refractivity contribution is 7.99. The van der Waals surface area contributed by atoms with E-state index in [2.05, 4.69) is 48.5 Å². The van der Waals surface area contributed by atoms with Gasteiger partial charge in [0.2, 0.25) is 0 Å². The van der Waals surface area contributed by atoms with Crippen molar-refractivity contribution in [3.63, 3.8) is 0 Å². The van der Waals surface area contributed by atoms with Gasteiger partial charge in [0.25, 0.3) is 0 Å². The molecule has 1 aromatic heterocycles. The monoisotopic (exact) mass is 289 g/mol. The molecule has 3 nitrogen and oxygen atoms in total. The number of aromatic nitrogens is 2. The molecule has 1 heterocycles. The second kappa shape index (κ2) is 8.12. The average molecular weight is 289 g/mol. The fourth-order valence-electron chi connectivity index (χ4n) is 2.04. The van der Waals surface area contributed by atoms with Crippen LogP contribution in [0, 0.1) is 0 Å². The number of rotatable bonds is 8. The van der Waals surface area contributed by atoms with Crippen molar-refractivity contribution in [3.8, 4) is 0 Å². The van der Waals surface area contributed by atoms with Gasteiger partial charge in [-0.3, -0.25) is 4.68 Å². The van der Waals surface area contributed by atoms with Gasteiger partial charge in [0.05, 0.1) is 6.54 Å². The Labute approximate surface area is 125 Å². The van der Waals surface area contributed by atoms with Crippen LogP contribution in [0.1, 0.15) is 31.9 Å². The molecule has 20 heavy (non-hydrogen) atoms. The Bertz CT molecular complexity index is 496. The minimum atomic E-state index is 0.418. The first-order valence-corrected chi connectivity index (χ1v) is 8.21. The summed E-state index contributed by atoms with van der Waals surface area (Å²) in [5, 5.41) is 7.75. The van der Waals surface area contributed by atoms with E-state index in [9.17, 15) is 0 Å². The van der Waals surface area contributed by atoms with Crippen molar-refractivity contribution in [1.82, 2.24) is 15.1 Å². The Balaban J connectivity index is 1.85. The summed E-state index contributed by atoms with van der Waals surface area (Å²) in [6.45, 7) is 6.44. The third-order valence-electron chi connectivity index (χ3n) is 3.21. The van der Waals surface area contributed by atoms with Crippen molar-refractivity contribution in [2.45, 2.75) is 37.8 Å². The van der Waals surface area contributed by atoms with Gasteiger partial charge in [-0.05, 0) is 43.7 Å². The molecule has 0 radical (unpaired) electrons. The summed E-state index contributed by atoms with van der Waals surface area (Å²) < 4.78 is 1.97. The van der Waals surface area contributed by atoms with E-state index in [-0.39, 0.29) is 0 Å². The molecule has 0 aliphatic heterocycles. The van der Waals surface area contributed by atoms with Gasteiger partial charge < -0.3 is 5.32 Å². The molecule has 0 saturated carbocycles. The molecule has 0 aliphatic rings. The zero-order chi connectivity index (χ0) is 14.2. The molecule has 2 rings (SSSR count). The molecule has 4 heteroatoms. The Morgan fingerprint density at radius 3 is 3.00 bits per heavy atom. The molecule has 1 atom stereocenters. The van der Waals surface area contributed by atoms with Gasteiger partial charge in [0.15, 0.2) is 0 Å². The smallest absolute Gasteiger partial charge is 0.0503 e. The highest BCUT2D eigenvalue weighted by Gasteiger charge is 2.05. The third kappa shape index (κ3) is 4.69. The molecule has 0 amide bonds. The van der Waals surface area contributed by atoms with Gasteiger partial charge in [0, 0.05) is 29.1 Å². The number of hydrogen-bond donors (Lipinski definition) is 1. The fraction of sp³-hybridized carbons (Fsp3) is 0.438. The van der Waals surface area contributed by atoms with Crippen molar-refractivity contribution in [1.29, 1.82) is 0 Å². The zero-order valence-corrected chi connectivity index (χ0v) is 13.1. The summed E-state index contributed by atoms with van der Waals surface area (Å²) >= 11 is 1.89. The van der Waals surface area contributed by atoms with Crippen molar-refractivity contribution in [2.75, 3.05) is 12.3 Å². The van der Waals surface area contributed by atoms with Gasteiger partial charge in [-0.2, -0.15) is 5.10 Å². The molecule has 0 fully saturated rings. The predicted octanol–water partition coefficient (Wildman–Crippen LogP) is 3.74. The molecule has 0 saturated heterocycles. The molecule has 0 spiro atoms. The number of nitrogens with one attached hydrogen (secondary N) is 1. The quantitative estimate of drug-likeness (QED) is 0.751. The molecule has 0 bridgehead atoms. The van der Waals surface area contributed by atoms with Crippen molar-refractivity contribution < 1.29 is 0 Å². The standard InChI is InChI=1S/C16H23N3S/c1-3-8-17-14(2)15-6-4-7-16(13-15)20-12-11-19-10-5-9-18-19/h4-7,9-10,13-14,17H,3,8,11-12H2,1-2H3. The van der Waals surface area contributed by atoms with E-state index in [4.69, 9.17) is 0 Å². The van der Waals surface area contributed by atoms with E-state index in [1.54, 1.807) is 0 Å². The molecule has 0 aliphatic carbocycles. The van der Waals surface area contributed by atoms with Gasteiger partial charge in [0.1, 0.15) is 0 Å². The maximum absolute atomic E-state index is 4.22. The lowest BCUT2D eigenvalue weighted by Crippen LogP contribution is -2.19. The normalized spacial score (nSPS) is 12.5. The van der Waals surface area contributed by atoms with Gasteiger partial charge >= 0.3 is 0 Å². The van der Waals surface area contributed by atoms with Crippen LogP contribution >= 0.6 is 11.8 Å². The van der Waals surface area contributed by atoms with Crippen LogP contribution in [0.3, 0.4) is 0 Å². The van der Waals surface area contributed by atoms with E-state index < -0.39 is 0 Å². The lowest BCUT2D eigenvalue weighted by Gasteiger charge is -2.14.